The van der Waals surface area contributed by atoms with E-state index in [9.17, 15) is 0 Å². The van der Waals surface area contributed by atoms with Gasteiger partial charge in [-0.3, -0.25) is 0 Å². The first-order valence-electron chi connectivity index (χ1n) is 2.93. The smallest absolute Gasteiger partial charge is 0.228 e. The Kier molecular flexibility index (Phi) is 2.75. The van der Waals surface area contributed by atoms with E-state index in [0.717, 1.165) is 16.7 Å². The molecule has 3 nitrogen and oxygen atoms in total. The van der Waals surface area contributed by atoms with Crippen LogP contribution in [0.1, 0.15) is 0 Å². The number of thiocyanates is 1. The van der Waals surface area contributed by atoms with Gasteiger partial charge < -0.3 is 4.74 Å². The maximum Gasteiger partial charge on any atom is 0.228 e. The van der Waals surface area contributed by atoms with Gasteiger partial charge in [0.15, 0.2) is 0 Å². The van der Waals surface area contributed by atoms with E-state index in [1.165, 1.54) is 7.11 Å². The van der Waals surface area contributed by atoms with Crippen LogP contribution in [-0.4, -0.2) is 12.1 Å². The standard InChI is InChI=1S/C7H6N2OS/c1-10-7-6(11-5-8)3-2-4-9-7/h2-4H,1H3. The quantitative estimate of drug-likeness (QED) is 0.495. The van der Waals surface area contributed by atoms with Gasteiger partial charge in [0.1, 0.15) is 5.40 Å². The summed E-state index contributed by atoms with van der Waals surface area (Å²) in [4.78, 5) is 4.67. The molecule has 1 heterocycles. The van der Waals surface area contributed by atoms with Gasteiger partial charge in [-0.2, -0.15) is 5.26 Å². The molecule has 0 spiro atoms. The normalized spacial score (nSPS) is 8.73. The first-order chi connectivity index (χ1) is 5.38. The van der Waals surface area contributed by atoms with E-state index in [-0.39, 0.29) is 0 Å². The number of nitrogens with zero attached hydrogens (tertiary/aromatic N) is 2. The van der Waals surface area contributed by atoms with Gasteiger partial charge in [0.2, 0.25) is 5.88 Å². The fourth-order valence-corrected chi connectivity index (χ4v) is 1.12. The summed E-state index contributed by atoms with van der Waals surface area (Å²) in [6.45, 7) is 0. The third-order valence-electron chi connectivity index (χ3n) is 1.09. The molecule has 0 unspecified atom stereocenters. The van der Waals surface area contributed by atoms with Crippen molar-refractivity contribution in [3.8, 4) is 11.3 Å². The predicted molar refractivity (Wildman–Crippen MR) is 42.3 cm³/mol. The van der Waals surface area contributed by atoms with Gasteiger partial charge in [0.25, 0.3) is 0 Å². The predicted octanol–water partition coefficient (Wildman–Crippen LogP) is 1.66. The van der Waals surface area contributed by atoms with Crippen molar-refractivity contribution in [3.63, 3.8) is 0 Å². The molecule has 1 aromatic heterocycles. The van der Waals surface area contributed by atoms with Crippen molar-refractivity contribution in [1.82, 2.24) is 4.98 Å². The molecule has 0 amide bonds. The average Bonchev–Trinajstić information content (AvgIpc) is 2.06. The minimum absolute atomic E-state index is 0.499. The summed E-state index contributed by atoms with van der Waals surface area (Å²) in [5, 5.41) is 10.3. The van der Waals surface area contributed by atoms with Gasteiger partial charge in [-0.25, -0.2) is 4.98 Å². The number of nitriles is 1. The molecule has 0 aliphatic rings. The Bertz CT molecular complexity index is 282. The molecular weight excluding hydrogens is 160 g/mol. The van der Waals surface area contributed by atoms with E-state index in [1.807, 2.05) is 5.40 Å². The van der Waals surface area contributed by atoms with Crippen molar-refractivity contribution in [1.29, 1.82) is 5.26 Å². The topological polar surface area (TPSA) is 45.9 Å². The Morgan fingerprint density at radius 3 is 3.18 bits per heavy atom. The van der Waals surface area contributed by atoms with Crippen LogP contribution in [0.3, 0.4) is 0 Å². The Morgan fingerprint density at radius 1 is 1.73 bits per heavy atom. The lowest BCUT2D eigenvalue weighted by atomic mass is 10.5. The highest BCUT2D eigenvalue weighted by Gasteiger charge is 2.01. The van der Waals surface area contributed by atoms with Crippen LogP contribution in [0.25, 0.3) is 0 Å². The molecule has 0 N–H and O–H groups in total. The van der Waals surface area contributed by atoms with Gasteiger partial charge in [0.05, 0.1) is 12.0 Å². The summed E-state index contributed by atoms with van der Waals surface area (Å²) < 4.78 is 4.91. The Hall–Kier alpha value is -1.21. The largest absolute Gasteiger partial charge is 0.480 e. The summed E-state index contributed by atoms with van der Waals surface area (Å²) in [7, 11) is 1.53. The second-order valence-electron chi connectivity index (χ2n) is 1.70. The van der Waals surface area contributed by atoms with Crippen LogP contribution >= 0.6 is 11.8 Å². The zero-order valence-electron chi connectivity index (χ0n) is 5.94. The Morgan fingerprint density at radius 2 is 2.55 bits per heavy atom. The van der Waals surface area contributed by atoms with Crippen LogP contribution in [-0.2, 0) is 0 Å². The maximum absolute atomic E-state index is 8.37. The second kappa shape index (κ2) is 3.84. The van der Waals surface area contributed by atoms with Crippen molar-refractivity contribution in [3.05, 3.63) is 18.3 Å². The highest BCUT2D eigenvalue weighted by molar-refractivity contribution is 8.03. The zero-order chi connectivity index (χ0) is 8.10. The minimum Gasteiger partial charge on any atom is -0.480 e. The molecule has 0 atom stereocenters. The number of aromatic nitrogens is 1. The Labute approximate surface area is 69.0 Å². The molecule has 0 aromatic carbocycles. The van der Waals surface area contributed by atoms with Crippen molar-refractivity contribution < 1.29 is 4.74 Å². The number of thioether (sulfide) groups is 1. The molecule has 11 heavy (non-hydrogen) atoms. The summed E-state index contributed by atoms with van der Waals surface area (Å²) in [5.74, 6) is 0.499. The number of pyridine rings is 1. The number of hydrogen-bond donors (Lipinski definition) is 0. The highest BCUT2D eigenvalue weighted by Crippen LogP contribution is 2.24. The molecule has 1 rings (SSSR count). The molecule has 0 bridgehead atoms. The molecule has 0 aliphatic heterocycles. The van der Waals surface area contributed by atoms with E-state index in [1.54, 1.807) is 18.3 Å². The van der Waals surface area contributed by atoms with Gasteiger partial charge in [0, 0.05) is 6.20 Å². The van der Waals surface area contributed by atoms with Crippen molar-refractivity contribution in [2.24, 2.45) is 0 Å². The van der Waals surface area contributed by atoms with E-state index in [2.05, 4.69) is 4.98 Å². The second-order valence-corrected chi connectivity index (χ2v) is 2.53. The molecule has 0 fully saturated rings. The average molecular weight is 166 g/mol. The molecule has 0 saturated carbocycles. The van der Waals surface area contributed by atoms with Crippen LogP contribution < -0.4 is 4.74 Å². The van der Waals surface area contributed by atoms with Crippen LogP contribution in [0.4, 0.5) is 0 Å². The van der Waals surface area contributed by atoms with E-state index in [4.69, 9.17) is 10.00 Å². The number of hydrogen-bond acceptors (Lipinski definition) is 4. The van der Waals surface area contributed by atoms with E-state index >= 15 is 0 Å². The molecular formula is C7H6N2OS. The number of methoxy groups -OCH3 is 1. The van der Waals surface area contributed by atoms with Crippen LogP contribution in [0.15, 0.2) is 23.2 Å². The maximum atomic E-state index is 8.37. The van der Waals surface area contributed by atoms with Crippen LogP contribution in [0, 0.1) is 10.7 Å². The lowest BCUT2D eigenvalue weighted by Crippen LogP contribution is -1.87. The van der Waals surface area contributed by atoms with Gasteiger partial charge >= 0.3 is 0 Å². The SMILES string of the molecule is COc1ncccc1SC#N. The first kappa shape index (κ1) is 7.89. The molecule has 0 saturated heterocycles. The monoisotopic (exact) mass is 166 g/mol. The molecule has 56 valence electrons. The van der Waals surface area contributed by atoms with Crippen LogP contribution in [0.2, 0.25) is 0 Å². The van der Waals surface area contributed by atoms with Gasteiger partial charge in [-0.05, 0) is 23.9 Å². The van der Waals surface area contributed by atoms with Crippen molar-refractivity contribution in [2.45, 2.75) is 4.90 Å². The lowest BCUT2D eigenvalue weighted by Gasteiger charge is -2.00. The fraction of sp³-hybridized carbons (Fsp3) is 0.143. The lowest BCUT2D eigenvalue weighted by molar-refractivity contribution is 0.387. The third kappa shape index (κ3) is 1.85. The molecule has 1 aromatic rings. The van der Waals surface area contributed by atoms with E-state index < -0.39 is 0 Å². The van der Waals surface area contributed by atoms with Crippen LogP contribution in [0.5, 0.6) is 5.88 Å². The van der Waals surface area contributed by atoms with Gasteiger partial charge in [-0.15, -0.1) is 0 Å². The highest BCUT2D eigenvalue weighted by atomic mass is 32.2. The minimum atomic E-state index is 0.499. The van der Waals surface area contributed by atoms with E-state index in [0.29, 0.717) is 5.88 Å². The first-order valence-corrected chi connectivity index (χ1v) is 3.75. The number of rotatable bonds is 2. The fourth-order valence-electron chi connectivity index (χ4n) is 0.656. The Balaban J connectivity index is 2.94. The summed E-state index contributed by atoms with van der Waals surface area (Å²) in [6, 6.07) is 3.56. The van der Waals surface area contributed by atoms with Crippen molar-refractivity contribution >= 4 is 11.8 Å². The third-order valence-corrected chi connectivity index (χ3v) is 1.71. The summed E-state index contributed by atoms with van der Waals surface area (Å²) >= 11 is 1.04. The van der Waals surface area contributed by atoms with Gasteiger partial charge in [-0.1, -0.05) is 0 Å². The molecule has 4 heteroatoms. The zero-order valence-corrected chi connectivity index (χ0v) is 6.76. The molecule has 0 radical (unpaired) electrons. The number of ether oxygens (including phenoxy) is 1. The molecule has 0 aliphatic carbocycles. The van der Waals surface area contributed by atoms with Crippen molar-refractivity contribution in [2.75, 3.05) is 7.11 Å². The summed E-state index contributed by atoms with van der Waals surface area (Å²) in [5.41, 5.74) is 0. The summed E-state index contributed by atoms with van der Waals surface area (Å²) in [6.07, 6.45) is 1.63.